The zero-order valence-electron chi connectivity index (χ0n) is 9.95. The van der Waals surface area contributed by atoms with Gasteiger partial charge in [-0.1, -0.05) is 6.07 Å². The van der Waals surface area contributed by atoms with Crippen molar-refractivity contribution in [3.63, 3.8) is 0 Å². The first-order valence-corrected chi connectivity index (χ1v) is 6.97. The molecule has 1 aliphatic rings. The maximum Gasteiger partial charge on any atom is 0.132 e. The molecule has 0 atom stereocenters. The third-order valence-corrected chi connectivity index (χ3v) is 3.68. The van der Waals surface area contributed by atoms with Gasteiger partial charge in [0.25, 0.3) is 0 Å². The van der Waals surface area contributed by atoms with Gasteiger partial charge in [0.2, 0.25) is 0 Å². The van der Waals surface area contributed by atoms with Crippen molar-refractivity contribution < 1.29 is 4.74 Å². The van der Waals surface area contributed by atoms with E-state index in [4.69, 9.17) is 4.74 Å². The Morgan fingerprint density at radius 2 is 2.25 bits per heavy atom. The van der Waals surface area contributed by atoms with Gasteiger partial charge in [-0.3, -0.25) is 0 Å². The van der Waals surface area contributed by atoms with E-state index in [2.05, 4.69) is 29.8 Å². The molecule has 1 aromatic rings. The Morgan fingerprint density at radius 1 is 1.44 bits per heavy atom. The number of ether oxygens (including phenoxy) is 1. The van der Waals surface area contributed by atoms with Crippen LogP contribution < -0.4 is 10.1 Å². The van der Waals surface area contributed by atoms with Crippen LogP contribution in [-0.2, 0) is 6.54 Å². The van der Waals surface area contributed by atoms with E-state index >= 15 is 0 Å². The van der Waals surface area contributed by atoms with Gasteiger partial charge in [-0.2, -0.15) is 0 Å². The van der Waals surface area contributed by atoms with Gasteiger partial charge in [0, 0.05) is 11.4 Å². The second kappa shape index (κ2) is 5.60. The standard InChI is InChI=1S/C13H19NOS/c1-15-12-7-11(5-6-13(12)16-2)9-14-8-10-3-4-10/h5-7,10,14H,3-4,8-9H2,1-2H3. The third-order valence-electron chi connectivity index (χ3n) is 2.91. The van der Waals surface area contributed by atoms with E-state index in [-0.39, 0.29) is 0 Å². The molecule has 0 unspecified atom stereocenters. The largest absolute Gasteiger partial charge is 0.496 e. The van der Waals surface area contributed by atoms with Crippen molar-refractivity contribution >= 4 is 11.8 Å². The van der Waals surface area contributed by atoms with Gasteiger partial charge in [0.1, 0.15) is 5.75 Å². The lowest BCUT2D eigenvalue weighted by Gasteiger charge is -2.09. The Labute approximate surface area is 102 Å². The summed E-state index contributed by atoms with van der Waals surface area (Å²) in [5, 5.41) is 3.49. The van der Waals surface area contributed by atoms with E-state index in [1.807, 2.05) is 0 Å². The van der Waals surface area contributed by atoms with E-state index in [0.717, 1.165) is 24.8 Å². The molecule has 0 aliphatic heterocycles. The number of methoxy groups -OCH3 is 1. The molecular weight excluding hydrogens is 218 g/mol. The van der Waals surface area contributed by atoms with Crippen LogP contribution in [0.5, 0.6) is 5.75 Å². The molecule has 0 heterocycles. The van der Waals surface area contributed by atoms with Crippen LogP contribution in [0.15, 0.2) is 23.1 Å². The summed E-state index contributed by atoms with van der Waals surface area (Å²) < 4.78 is 5.37. The second-order valence-electron chi connectivity index (χ2n) is 4.26. The number of rotatable bonds is 6. The van der Waals surface area contributed by atoms with E-state index in [1.54, 1.807) is 18.9 Å². The molecule has 1 saturated carbocycles. The number of hydrogen-bond acceptors (Lipinski definition) is 3. The molecule has 88 valence electrons. The first-order valence-electron chi connectivity index (χ1n) is 5.75. The molecule has 0 bridgehead atoms. The maximum atomic E-state index is 5.37. The van der Waals surface area contributed by atoms with Crippen LogP contribution in [-0.4, -0.2) is 19.9 Å². The van der Waals surface area contributed by atoms with Gasteiger partial charge in [0.15, 0.2) is 0 Å². The van der Waals surface area contributed by atoms with Gasteiger partial charge < -0.3 is 10.1 Å². The molecule has 0 spiro atoms. The minimum absolute atomic E-state index is 0.937. The molecule has 1 fully saturated rings. The summed E-state index contributed by atoms with van der Waals surface area (Å²) in [6.45, 7) is 2.11. The van der Waals surface area contributed by atoms with Crippen LogP contribution >= 0.6 is 11.8 Å². The van der Waals surface area contributed by atoms with Crippen molar-refractivity contribution in [1.29, 1.82) is 0 Å². The Bertz CT molecular complexity index is 350. The zero-order chi connectivity index (χ0) is 11.4. The SMILES string of the molecule is COc1cc(CNCC2CC2)ccc1SC. The van der Waals surface area contributed by atoms with E-state index in [0.29, 0.717) is 0 Å². The lowest BCUT2D eigenvalue weighted by molar-refractivity contribution is 0.404. The Kier molecular flexibility index (Phi) is 4.13. The summed E-state index contributed by atoms with van der Waals surface area (Å²) in [7, 11) is 1.73. The average molecular weight is 237 g/mol. The van der Waals surface area contributed by atoms with E-state index < -0.39 is 0 Å². The fourth-order valence-electron chi connectivity index (χ4n) is 1.73. The first kappa shape index (κ1) is 11.8. The summed E-state index contributed by atoms with van der Waals surface area (Å²) in [5.74, 6) is 1.92. The highest BCUT2D eigenvalue weighted by molar-refractivity contribution is 7.98. The Hall–Kier alpha value is -0.670. The molecule has 0 amide bonds. The molecule has 1 aliphatic carbocycles. The molecular formula is C13H19NOS. The zero-order valence-corrected chi connectivity index (χ0v) is 10.8. The summed E-state index contributed by atoms with van der Waals surface area (Å²) in [6.07, 6.45) is 4.88. The van der Waals surface area contributed by atoms with Crippen molar-refractivity contribution in [2.24, 2.45) is 5.92 Å². The predicted octanol–water partition coefficient (Wildman–Crippen LogP) is 2.92. The van der Waals surface area contributed by atoms with Gasteiger partial charge in [-0.05, 0) is 49.3 Å². The number of hydrogen-bond donors (Lipinski definition) is 1. The van der Waals surface area contributed by atoms with Crippen LogP contribution in [0.4, 0.5) is 0 Å². The Morgan fingerprint density at radius 3 is 2.88 bits per heavy atom. The summed E-state index contributed by atoms with van der Waals surface area (Å²) >= 11 is 1.72. The topological polar surface area (TPSA) is 21.3 Å². The van der Waals surface area contributed by atoms with Crippen molar-refractivity contribution in [3.05, 3.63) is 23.8 Å². The summed E-state index contributed by atoms with van der Waals surface area (Å²) in [4.78, 5) is 1.20. The molecule has 0 radical (unpaired) electrons. The normalized spacial score (nSPS) is 15.1. The van der Waals surface area contributed by atoms with Crippen molar-refractivity contribution in [2.75, 3.05) is 19.9 Å². The van der Waals surface area contributed by atoms with Crippen LogP contribution in [0.2, 0.25) is 0 Å². The van der Waals surface area contributed by atoms with E-state index in [1.165, 1.54) is 23.3 Å². The van der Waals surface area contributed by atoms with Gasteiger partial charge in [-0.25, -0.2) is 0 Å². The second-order valence-corrected chi connectivity index (χ2v) is 5.11. The molecule has 2 nitrogen and oxygen atoms in total. The molecule has 1 N–H and O–H groups in total. The summed E-state index contributed by atoms with van der Waals surface area (Å²) in [6, 6.07) is 6.44. The van der Waals surface area contributed by atoms with Crippen molar-refractivity contribution in [2.45, 2.75) is 24.3 Å². The lowest BCUT2D eigenvalue weighted by atomic mass is 10.2. The highest BCUT2D eigenvalue weighted by Crippen LogP contribution is 2.29. The highest BCUT2D eigenvalue weighted by atomic mass is 32.2. The van der Waals surface area contributed by atoms with E-state index in [9.17, 15) is 0 Å². The quantitative estimate of drug-likeness (QED) is 0.769. The minimum atomic E-state index is 0.937. The van der Waals surface area contributed by atoms with Crippen LogP contribution in [0.3, 0.4) is 0 Å². The average Bonchev–Trinajstić information content (AvgIpc) is 3.13. The lowest BCUT2D eigenvalue weighted by Crippen LogP contribution is -2.16. The molecule has 0 saturated heterocycles. The maximum absolute atomic E-state index is 5.37. The van der Waals surface area contributed by atoms with Crippen LogP contribution in [0.1, 0.15) is 18.4 Å². The minimum Gasteiger partial charge on any atom is -0.496 e. The smallest absolute Gasteiger partial charge is 0.132 e. The van der Waals surface area contributed by atoms with Crippen LogP contribution in [0.25, 0.3) is 0 Å². The van der Waals surface area contributed by atoms with Gasteiger partial charge in [0.05, 0.1) is 7.11 Å². The molecule has 0 aromatic heterocycles. The van der Waals surface area contributed by atoms with Crippen molar-refractivity contribution in [1.82, 2.24) is 5.32 Å². The first-order chi connectivity index (χ1) is 7.83. The molecule has 1 aromatic carbocycles. The van der Waals surface area contributed by atoms with Crippen LogP contribution in [0, 0.1) is 5.92 Å². The van der Waals surface area contributed by atoms with Crippen molar-refractivity contribution in [3.8, 4) is 5.75 Å². The number of nitrogens with one attached hydrogen (secondary N) is 1. The Balaban J connectivity index is 1.92. The van der Waals surface area contributed by atoms with Gasteiger partial charge in [-0.15, -0.1) is 11.8 Å². The number of thioether (sulfide) groups is 1. The number of benzene rings is 1. The van der Waals surface area contributed by atoms with Gasteiger partial charge >= 0.3 is 0 Å². The molecule has 16 heavy (non-hydrogen) atoms. The molecule has 2 rings (SSSR count). The predicted molar refractivity (Wildman–Crippen MR) is 69.2 cm³/mol. The molecule has 3 heteroatoms. The monoisotopic (exact) mass is 237 g/mol. The third kappa shape index (κ3) is 3.16. The summed E-state index contributed by atoms with van der Waals surface area (Å²) in [5.41, 5.74) is 1.30. The highest BCUT2D eigenvalue weighted by Gasteiger charge is 2.20. The fourth-order valence-corrected chi connectivity index (χ4v) is 2.28. The fraction of sp³-hybridized carbons (Fsp3) is 0.538.